The molecule has 16 heteroatoms. The smallest absolute Gasteiger partial charge is 0.187 e. The van der Waals surface area contributed by atoms with E-state index in [0.29, 0.717) is 13.2 Å². The minimum atomic E-state index is -1.56. The summed E-state index contributed by atoms with van der Waals surface area (Å²) in [7, 11) is 0. The summed E-state index contributed by atoms with van der Waals surface area (Å²) in [5.74, 6) is -1.11. The molecule has 4 aliphatic heterocycles. The van der Waals surface area contributed by atoms with Crippen molar-refractivity contribution < 1.29 is 61.9 Å². The third-order valence-electron chi connectivity index (χ3n) is 12.9. The normalized spacial score (nSPS) is 31.3. The van der Waals surface area contributed by atoms with Crippen molar-refractivity contribution in [2.24, 2.45) is 5.11 Å². The van der Waals surface area contributed by atoms with Gasteiger partial charge in [0, 0.05) is 4.91 Å². The van der Waals surface area contributed by atoms with Crippen LogP contribution in [0, 0.1) is 0 Å². The first-order valence-electron chi connectivity index (χ1n) is 24.3. The second-order valence-electron chi connectivity index (χ2n) is 18.6. The Morgan fingerprint density at radius 3 is 1.56 bits per heavy atom. The Morgan fingerprint density at radius 1 is 0.563 bits per heavy atom. The van der Waals surface area contributed by atoms with Crippen LogP contribution >= 0.6 is 0 Å². The Labute approximate surface area is 414 Å². The fourth-order valence-corrected chi connectivity index (χ4v) is 9.43. The van der Waals surface area contributed by atoms with E-state index in [-0.39, 0.29) is 33.0 Å². The van der Waals surface area contributed by atoms with Gasteiger partial charge in [0.15, 0.2) is 24.7 Å². The zero-order chi connectivity index (χ0) is 49.0. The van der Waals surface area contributed by atoms with Crippen molar-refractivity contribution in [1.29, 1.82) is 0 Å². The van der Waals surface area contributed by atoms with Crippen molar-refractivity contribution in [3.05, 3.63) is 190 Å². The first-order chi connectivity index (χ1) is 34.7. The number of nitrogens with zero attached hydrogens (tertiary/aromatic N) is 3. The van der Waals surface area contributed by atoms with Crippen molar-refractivity contribution >= 4 is 0 Å². The fraction of sp³-hybridized carbons (Fsp3) is 0.455. The van der Waals surface area contributed by atoms with Crippen LogP contribution in [0.5, 0.6) is 0 Å². The first-order valence-corrected chi connectivity index (χ1v) is 24.3. The van der Waals surface area contributed by atoms with Crippen LogP contribution in [-0.2, 0) is 89.9 Å². The maximum absolute atomic E-state index is 11.8. The lowest BCUT2D eigenvalue weighted by atomic mass is 9.95. The molecule has 0 amide bonds. The predicted octanol–water partition coefficient (Wildman–Crippen LogP) is 8.33. The second kappa shape index (κ2) is 24.5. The minimum absolute atomic E-state index is 0.00325. The molecule has 0 aromatic heterocycles. The van der Waals surface area contributed by atoms with Gasteiger partial charge in [-0.15, -0.1) is 0 Å². The SMILES string of the molecule is C[C@H]1O[C@@H](OC2C(OCc3ccccc3)[C@@H](N=[N+]=[N-])[C@@H](COCc3ccccc3)O[C@H]2O)C2OC(C)(C)OC2[C@H]1O[C@@H]1OC[C@@H](OCc2ccccc2)C(OCc2ccccc2)C1OCc1ccccc1. The van der Waals surface area contributed by atoms with E-state index < -0.39 is 91.7 Å². The maximum atomic E-state index is 11.8. The Hall–Kier alpha value is -5.11. The zero-order valence-electron chi connectivity index (χ0n) is 40.2. The lowest BCUT2D eigenvalue weighted by Crippen LogP contribution is -2.64. The Morgan fingerprint density at radius 2 is 1.03 bits per heavy atom. The molecule has 16 nitrogen and oxygen atoms in total. The molecule has 4 saturated heterocycles. The molecular formula is C55H63N3O13. The van der Waals surface area contributed by atoms with Gasteiger partial charge >= 0.3 is 0 Å². The molecule has 4 aliphatic rings. The van der Waals surface area contributed by atoms with Crippen LogP contribution in [0.15, 0.2) is 157 Å². The average molecular weight is 974 g/mol. The van der Waals surface area contributed by atoms with Crippen molar-refractivity contribution in [1.82, 2.24) is 0 Å². The minimum Gasteiger partial charge on any atom is -0.374 e. The molecular weight excluding hydrogens is 911 g/mol. The summed E-state index contributed by atoms with van der Waals surface area (Å²) < 4.78 is 79.1. The molecule has 0 aliphatic carbocycles. The van der Waals surface area contributed by atoms with E-state index in [1.165, 1.54) is 0 Å². The topological polar surface area (TPSA) is 180 Å². The van der Waals surface area contributed by atoms with Gasteiger partial charge in [-0.25, -0.2) is 0 Å². The Bertz CT molecular complexity index is 2410. The molecule has 4 heterocycles. The number of azide groups is 1. The van der Waals surface area contributed by atoms with Gasteiger partial charge in [0.05, 0.1) is 64.5 Å². The van der Waals surface area contributed by atoms with Crippen LogP contribution in [0.1, 0.15) is 48.6 Å². The van der Waals surface area contributed by atoms with Gasteiger partial charge in [-0.3, -0.25) is 0 Å². The number of aliphatic hydroxyl groups is 1. The standard InChI is InChI=1S/C55H63N3O13/c1-36-45(68-53-50(64-33-41-27-17-8-18-28-41)46(62-31-39-23-13-6-14-24-39)43(35-65-53)61-30-38-21-11-5-12-22-38)48-51(71-55(2,3)70-48)54(66-36)69-49-47(63-32-40-25-15-7-16-26-40)44(57-58-56)42(67-52(49)59)34-60-29-37-19-9-4-10-20-37/h4-28,36,42-54,59H,29-35H2,1-3H3/t36-,42-,43-,44+,45+,46?,47?,48?,49?,50?,51?,52-,53+,54+/m1/s1. The summed E-state index contributed by atoms with van der Waals surface area (Å²) in [6.07, 6.45) is -11.9. The molecule has 0 saturated carbocycles. The average Bonchev–Trinajstić information content (AvgIpc) is 3.73. The molecule has 14 atom stereocenters. The Kier molecular flexibility index (Phi) is 17.6. The van der Waals surface area contributed by atoms with Crippen molar-refractivity contribution in [2.75, 3.05) is 13.2 Å². The lowest BCUT2D eigenvalue weighted by molar-refractivity contribution is -0.364. The number of hydrogen-bond donors (Lipinski definition) is 1. The van der Waals surface area contributed by atoms with Gasteiger partial charge in [-0.05, 0) is 54.1 Å². The number of rotatable bonds is 21. The molecule has 5 aromatic carbocycles. The monoisotopic (exact) mass is 973 g/mol. The summed E-state index contributed by atoms with van der Waals surface area (Å²) in [6, 6.07) is 48.0. The highest BCUT2D eigenvalue weighted by atomic mass is 16.8. The van der Waals surface area contributed by atoms with E-state index in [2.05, 4.69) is 10.0 Å². The first kappa shape index (κ1) is 50.8. The summed E-state index contributed by atoms with van der Waals surface area (Å²) in [6.45, 7) is 6.86. The highest BCUT2D eigenvalue weighted by Gasteiger charge is 2.59. The molecule has 0 radical (unpaired) electrons. The lowest BCUT2D eigenvalue weighted by Gasteiger charge is -2.48. The quantitative estimate of drug-likeness (QED) is 0.0422. The molecule has 0 spiro atoms. The van der Waals surface area contributed by atoms with Gasteiger partial charge in [0.25, 0.3) is 0 Å². The van der Waals surface area contributed by atoms with Gasteiger partial charge in [0.1, 0.15) is 48.8 Å². The summed E-state index contributed by atoms with van der Waals surface area (Å²) in [5.41, 5.74) is 14.6. The number of hydrogen-bond acceptors (Lipinski definition) is 14. The number of benzene rings is 5. The summed E-state index contributed by atoms with van der Waals surface area (Å²) in [4.78, 5) is 3.18. The maximum Gasteiger partial charge on any atom is 0.187 e. The molecule has 0 bridgehead atoms. The molecule has 9 rings (SSSR count). The Balaban J connectivity index is 0.958. The number of fused-ring (bicyclic) bond motifs is 1. The molecule has 6 unspecified atom stereocenters. The van der Waals surface area contributed by atoms with E-state index in [1.807, 2.05) is 159 Å². The number of ether oxygens (including phenoxy) is 12. The number of aliphatic hydroxyl groups excluding tert-OH is 1. The van der Waals surface area contributed by atoms with Gasteiger partial charge in [-0.1, -0.05) is 157 Å². The summed E-state index contributed by atoms with van der Waals surface area (Å²) in [5, 5.41) is 16.0. The highest BCUT2D eigenvalue weighted by Crippen LogP contribution is 2.42. The van der Waals surface area contributed by atoms with Crippen LogP contribution in [-0.4, -0.2) is 110 Å². The third-order valence-corrected chi connectivity index (χ3v) is 12.9. The van der Waals surface area contributed by atoms with Crippen LogP contribution < -0.4 is 0 Å². The largest absolute Gasteiger partial charge is 0.374 e. The molecule has 71 heavy (non-hydrogen) atoms. The van der Waals surface area contributed by atoms with Crippen molar-refractivity contribution in [2.45, 2.75) is 146 Å². The molecule has 4 fully saturated rings. The fourth-order valence-electron chi connectivity index (χ4n) is 9.43. The van der Waals surface area contributed by atoms with Gasteiger partial charge < -0.3 is 61.9 Å². The van der Waals surface area contributed by atoms with E-state index >= 15 is 0 Å². The van der Waals surface area contributed by atoms with Gasteiger partial charge in [-0.2, -0.15) is 0 Å². The van der Waals surface area contributed by atoms with Crippen molar-refractivity contribution in [3.8, 4) is 0 Å². The zero-order valence-corrected chi connectivity index (χ0v) is 40.2. The molecule has 376 valence electrons. The third kappa shape index (κ3) is 13.3. The van der Waals surface area contributed by atoms with E-state index in [9.17, 15) is 10.6 Å². The predicted molar refractivity (Wildman–Crippen MR) is 258 cm³/mol. The van der Waals surface area contributed by atoms with E-state index in [4.69, 9.17) is 56.8 Å². The molecule has 1 N–H and O–H groups in total. The van der Waals surface area contributed by atoms with Crippen LogP contribution in [0.3, 0.4) is 0 Å². The van der Waals surface area contributed by atoms with E-state index in [1.54, 1.807) is 13.8 Å². The van der Waals surface area contributed by atoms with Crippen LogP contribution in [0.25, 0.3) is 10.4 Å². The van der Waals surface area contributed by atoms with E-state index in [0.717, 1.165) is 27.8 Å². The molecule has 5 aromatic rings. The van der Waals surface area contributed by atoms with Gasteiger partial charge in [0.2, 0.25) is 0 Å². The summed E-state index contributed by atoms with van der Waals surface area (Å²) >= 11 is 0. The second-order valence-corrected chi connectivity index (χ2v) is 18.6. The van der Waals surface area contributed by atoms with Crippen LogP contribution in [0.4, 0.5) is 0 Å². The highest BCUT2D eigenvalue weighted by molar-refractivity contribution is 5.17. The van der Waals surface area contributed by atoms with Crippen molar-refractivity contribution in [3.63, 3.8) is 0 Å². The van der Waals surface area contributed by atoms with Crippen LogP contribution in [0.2, 0.25) is 0 Å².